The van der Waals surface area contributed by atoms with Gasteiger partial charge in [0.25, 0.3) is 5.91 Å². The van der Waals surface area contributed by atoms with E-state index in [4.69, 9.17) is 21.1 Å². The zero-order valence-electron chi connectivity index (χ0n) is 15.3. The Morgan fingerprint density at radius 2 is 1.82 bits per heavy atom. The first-order chi connectivity index (χ1) is 13.5. The zero-order valence-corrected chi connectivity index (χ0v) is 16.8. The predicted octanol–water partition coefficient (Wildman–Crippen LogP) is 5.26. The van der Waals surface area contributed by atoms with Crippen LogP contribution in [0.1, 0.15) is 26.2 Å². The molecule has 1 aromatic heterocycles. The van der Waals surface area contributed by atoms with Crippen molar-refractivity contribution >= 4 is 40.5 Å². The van der Waals surface area contributed by atoms with Crippen molar-refractivity contribution in [1.29, 1.82) is 0 Å². The van der Waals surface area contributed by atoms with Gasteiger partial charge in [0.2, 0.25) is 6.10 Å². The van der Waals surface area contributed by atoms with Crippen molar-refractivity contribution in [1.82, 2.24) is 0 Å². The molecular formula is C21H18ClNO4S. The highest BCUT2D eigenvalue weighted by Crippen LogP contribution is 2.29. The number of methoxy groups -OCH3 is 1. The van der Waals surface area contributed by atoms with Crippen LogP contribution in [0.2, 0.25) is 5.02 Å². The maximum Gasteiger partial charge on any atom is 0.349 e. The van der Waals surface area contributed by atoms with Crippen LogP contribution in [0.4, 0.5) is 5.69 Å². The van der Waals surface area contributed by atoms with Gasteiger partial charge in [0.05, 0.1) is 12.1 Å². The van der Waals surface area contributed by atoms with Gasteiger partial charge >= 0.3 is 5.97 Å². The first-order valence-electron chi connectivity index (χ1n) is 8.44. The number of hydrogen-bond acceptors (Lipinski definition) is 5. The molecule has 28 heavy (non-hydrogen) atoms. The molecule has 0 unspecified atom stereocenters. The van der Waals surface area contributed by atoms with Crippen molar-refractivity contribution in [2.24, 2.45) is 0 Å². The van der Waals surface area contributed by atoms with Gasteiger partial charge in [-0.25, -0.2) is 4.79 Å². The molecule has 1 N–H and O–H groups in total. The van der Waals surface area contributed by atoms with Gasteiger partial charge in [0, 0.05) is 16.1 Å². The van der Waals surface area contributed by atoms with Crippen molar-refractivity contribution in [3.05, 3.63) is 81.0 Å². The summed E-state index contributed by atoms with van der Waals surface area (Å²) in [4.78, 5) is 26.8. The second kappa shape index (κ2) is 8.91. The largest absolute Gasteiger partial charge is 0.495 e. The molecule has 0 spiro atoms. The number of nitrogens with one attached hydrogen (secondary N) is 1. The molecule has 0 fully saturated rings. The van der Waals surface area contributed by atoms with Crippen molar-refractivity contribution in [2.75, 3.05) is 12.4 Å². The molecule has 1 heterocycles. The number of esters is 1. The molecule has 1 atom stereocenters. The van der Waals surface area contributed by atoms with E-state index in [-0.39, 0.29) is 0 Å². The van der Waals surface area contributed by atoms with Crippen molar-refractivity contribution in [3.63, 3.8) is 0 Å². The molecule has 1 amide bonds. The van der Waals surface area contributed by atoms with Crippen LogP contribution in [0, 0.1) is 6.92 Å². The molecule has 0 saturated heterocycles. The zero-order chi connectivity index (χ0) is 20.1. The Hall–Kier alpha value is -2.83. The Morgan fingerprint density at radius 3 is 2.43 bits per heavy atom. The summed E-state index contributed by atoms with van der Waals surface area (Å²) < 4.78 is 10.7. The second-order valence-corrected chi connectivity index (χ2v) is 7.64. The van der Waals surface area contributed by atoms with Crippen LogP contribution in [0.5, 0.6) is 5.75 Å². The minimum atomic E-state index is -1.10. The van der Waals surface area contributed by atoms with Gasteiger partial charge in [-0.05, 0) is 37.3 Å². The van der Waals surface area contributed by atoms with E-state index in [1.54, 1.807) is 48.5 Å². The Balaban J connectivity index is 1.83. The number of ether oxygens (including phenoxy) is 2. The van der Waals surface area contributed by atoms with E-state index in [1.807, 2.05) is 19.1 Å². The maximum absolute atomic E-state index is 12.9. The van der Waals surface area contributed by atoms with Crippen LogP contribution in [-0.2, 0) is 9.53 Å². The number of halogens is 1. The number of amides is 1. The van der Waals surface area contributed by atoms with E-state index in [1.165, 1.54) is 18.4 Å². The Labute approximate surface area is 171 Å². The number of benzene rings is 2. The fourth-order valence-electron chi connectivity index (χ4n) is 2.56. The van der Waals surface area contributed by atoms with E-state index in [9.17, 15) is 9.59 Å². The van der Waals surface area contributed by atoms with Crippen LogP contribution in [-0.4, -0.2) is 19.0 Å². The third-order valence-electron chi connectivity index (χ3n) is 3.93. The van der Waals surface area contributed by atoms with E-state index < -0.39 is 18.0 Å². The number of anilines is 1. The summed E-state index contributed by atoms with van der Waals surface area (Å²) in [6.45, 7) is 1.90. The first kappa shape index (κ1) is 19.9. The lowest BCUT2D eigenvalue weighted by Gasteiger charge is -2.18. The molecule has 0 aliphatic carbocycles. The van der Waals surface area contributed by atoms with Crippen LogP contribution in [0.25, 0.3) is 0 Å². The van der Waals surface area contributed by atoms with Crippen LogP contribution < -0.4 is 10.1 Å². The highest BCUT2D eigenvalue weighted by molar-refractivity contribution is 7.13. The highest BCUT2D eigenvalue weighted by Gasteiger charge is 2.26. The average Bonchev–Trinajstić information content (AvgIpc) is 3.13. The SMILES string of the molecule is COc1ccc(NC(=O)[C@@H](OC(=O)c2ccc(C)s2)c2ccccc2)cc1Cl. The van der Waals surface area contributed by atoms with Gasteiger partial charge in [-0.15, -0.1) is 11.3 Å². The van der Waals surface area contributed by atoms with Crippen LogP contribution in [0.3, 0.4) is 0 Å². The molecule has 2 aromatic carbocycles. The lowest BCUT2D eigenvalue weighted by molar-refractivity contribution is -0.125. The van der Waals surface area contributed by atoms with Gasteiger partial charge in [-0.1, -0.05) is 41.9 Å². The molecule has 7 heteroatoms. The predicted molar refractivity (Wildman–Crippen MR) is 110 cm³/mol. The Kier molecular flexibility index (Phi) is 6.34. The topological polar surface area (TPSA) is 64.6 Å². The number of aryl methyl sites for hydroxylation is 1. The summed E-state index contributed by atoms with van der Waals surface area (Å²) in [5.41, 5.74) is 1.04. The molecule has 0 aliphatic rings. The van der Waals surface area contributed by atoms with Gasteiger partial charge in [-0.3, -0.25) is 4.79 Å². The molecule has 0 bridgehead atoms. The summed E-state index contributed by atoms with van der Waals surface area (Å²) in [5.74, 6) is -0.525. The molecule has 3 rings (SSSR count). The summed E-state index contributed by atoms with van der Waals surface area (Å²) in [6.07, 6.45) is -1.10. The van der Waals surface area contributed by atoms with Gasteiger partial charge in [0.1, 0.15) is 10.6 Å². The fourth-order valence-corrected chi connectivity index (χ4v) is 3.57. The first-order valence-corrected chi connectivity index (χ1v) is 9.64. The van der Waals surface area contributed by atoms with Gasteiger partial charge in [0.15, 0.2) is 0 Å². The third kappa shape index (κ3) is 4.71. The van der Waals surface area contributed by atoms with E-state index in [0.717, 1.165) is 4.88 Å². The lowest BCUT2D eigenvalue weighted by atomic mass is 10.1. The molecule has 0 radical (unpaired) electrons. The van der Waals surface area contributed by atoms with Gasteiger partial charge in [-0.2, -0.15) is 0 Å². The summed E-state index contributed by atoms with van der Waals surface area (Å²) in [5, 5.41) is 3.11. The minimum absolute atomic E-state index is 0.364. The quantitative estimate of drug-likeness (QED) is 0.558. The number of carbonyl (C=O) groups is 2. The number of thiophene rings is 1. The van der Waals surface area contributed by atoms with E-state index in [2.05, 4.69) is 5.32 Å². The Bertz CT molecular complexity index is 987. The summed E-state index contributed by atoms with van der Waals surface area (Å²) in [6, 6.07) is 17.3. The smallest absolute Gasteiger partial charge is 0.349 e. The van der Waals surface area contributed by atoms with Crippen molar-refractivity contribution in [2.45, 2.75) is 13.0 Å². The number of hydrogen-bond donors (Lipinski definition) is 1. The molecule has 5 nitrogen and oxygen atoms in total. The third-order valence-corrected chi connectivity index (χ3v) is 5.20. The molecule has 3 aromatic rings. The monoisotopic (exact) mass is 415 g/mol. The average molecular weight is 416 g/mol. The molecule has 144 valence electrons. The molecule has 0 saturated carbocycles. The van der Waals surface area contributed by atoms with E-state index in [0.29, 0.717) is 26.9 Å². The fraction of sp³-hybridized carbons (Fsp3) is 0.143. The van der Waals surface area contributed by atoms with Crippen LogP contribution >= 0.6 is 22.9 Å². The number of rotatable bonds is 6. The lowest BCUT2D eigenvalue weighted by Crippen LogP contribution is -2.25. The summed E-state index contributed by atoms with van der Waals surface area (Å²) in [7, 11) is 1.51. The highest BCUT2D eigenvalue weighted by atomic mass is 35.5. The number of carbonyl (C=O) groups excluding carboxylic acids is 2. The standard InChI is InChI=1S/C21H18ClNO4S/c1-13-8-11-18(28-13)21(25)27-19(14-6-4-3-5-7-14)20(24)23-15-9-10-17(26-2)16(22)12-15/h3-12,19H,1-2H3,(H,23,24)/t19-/m0/s1. The molecule has 0 aliphatic heterocycles. The summed E-state index contributed by atoms with van der Waals surface area (Å²) >= 11 is 7.43. The maximum atomic E-state index is 12.9. The van der Waals surface area contributed by atoms with Crippen LogP contribution in [0.15, 0.2) is 60.7 Å². The van der Waals surface area contributed by atoms with Crippen molar-refractivity contribution in [3.8, 4) is 5.75 Å². The normalized spacial score (nSPS) is 11.5. The molecular weight excluding hydrogens is 398 g/mol. The second-order valence-electron chi connectivity index (χ2n) is 5.94. The Morgan fingerprint density at radius 1 is 1.07 bits per heavy atom. The van der Waals surface area contributed by atoms with Crippen molar-refractivity contribution < 1.29 is 19.1 Å². The van der Waals surface area contributed by atoms with Gasteiger partial charge < -0.3 is 14.8 Å². The van der Waals surface area contributed by atoms with E-state index >= 15 is 0 Å². The minimum Gasteiger partial charge on any atom is -0.495 e.